The third-order valence-corrected chi connectivity index (χ3v) is 1.96. The summed E-state index contributed by atoms with van der Waals surface area (Å²) in [5, 5.41) is 27.1. The molecule has 0 heterocycles. The van der Waals surface area contributed by atoms with Crippen LogP contribution in [0.3, 0.4) is 0 Å². The second-order valence-corrected chi connectivity index (χ2v) is 3.28. The van der Waals surface area contributed by atoms with Crippen LogP contribution in [-0.2, 0) is 5.54 Å². The minimum atomic E-state index is -0.898. The summed E-state index contributed by atoms with van der Waals surface area (Å²) in [5.41, 5.74) is 5.39. The zero-order valence-corrected chi connectivity index (χ0v) is 7.36. The Morgan fingerprint density at radius 2 is 1.92 bits per heavy atom. The largest absolute Gasteiger partial charge is 0.504 e. The van der Waals surface area contributed by atoms with Gasteiger partial charge in [-0.15, -0.1) is 0 Å². The van der Waals surface area contributed by atoms with E-state index in [-0.39, 0.29) is 18.1 Å². The summed E-state index contributed by atoms with van der Waals surface area (Å²) in [6, 6.07) is 4.24. The van der Waals surface area contributed by atoms with Crippen molar-refractivity contribution in [2.45, 2.75) is 12.5 Å². The van der Waals surface area contributed by atoms with Crippen LogP contribution >= 0.6 is 0 Å². The molecule has 0 spiro atoms. The SMILES string of the molecule is C[C@@](N)(CO)c1ccc(O)c(O)c1. The van der Waals surface area contributed by atoms with Gasteiger partial charge >= 0.3 is 0 Å². The maximum Gasteiger partial charge on any atom is 0.157 e. The Balaban J connectivity index is 3.10. The highest BCUT2D eigenvalue weighted by Gasteiger charge is 2.20. The van der Waals surface area contributed by atoms with Crippen LogP contribution in [0.4, 0.5) is 0 Å². The first-order valence-corrected chi connectivity index (χ1v) is 3.89. The van der Waals surface area contributed by atoms with Gasteiger partial charge in [0, 0.05) is 0 Å². The number of hydrogen-bond donors (Lipinski definition) is 4. The lowest BCUT2D eigenvalue weighted by atomic mass is 9.94. The molecule has 72 valence electrons. The fourth-order valence-electron chi connectivity index (χ4n) is 0.970. The van der Waals surface area contributed by atoms with E-state index < -0.39 is 5.54 Å². The molecule has 0 aromatic heterocycles. The average Bonchev–Trinajstić information content (AvgIpc) is 2.09. The monoisotopic (exact) mass is 183 g/mol. The lowest BCUT2D eigenvalue weighted by Gasteiger charge is -2.22. The molecule has 1 rings (SSSR count). The van der Waals surface area contributed by atoms with E-state index in [0.717, 1.165) is 0 Å². The van der Waals surface area contributed by atoms with Crippen LogP contribution < -0.4 is 5.73 Å². The standard InChI is InChI=1S/C9H13NO3/c1-9(10,5-11)6-2-3-7(12)8(13)4-6/h2-4,11-13H,5,10H2,1H3/t9-/m1/s1. The molecule has 13 heavy (non-hydrogen) atoms. The highest BCUT2D eigenvalue weighted by molar-refractivity contribution is 5.42. The molecule has 0 aliphatic rings. The number of aliphatic hydroxyl groups is 1. The van der Waals surface area contributed by atoms with E-state index in [2.05, 4.69) is 0 Å². The van der Waals surface area contributed by atoms with Crippen molar-refractivity contribution in [3.8, 4) is 11.5 Å². The van der Waals surface area contributed by atoms with Crippen LogP contribution in [0.15, 0.2) is 18.2 Å². The van der Waals surface area contributed by atoms with Crippen molar-refractivity contribution < 1.29 is 15.3 Å². The summed E-state index contributed by atoms with van der Waals surface area (Å²) in [6.45, 7) is 1.41. The van der Waals surface area contributed by atoms with E-state index >= 15 is 0 Å². The molecule has 0 saturated carbocycles. The van der Waals surface area contributed by atoms with Crippen molar-refractivity contribution in [3.63, 3.8) is 0 Å². The summed E-state index contributed by atoms with van der Waals surface area (Å²) in [7, 11) is 0. The summed E-state index contributed by atoms with van der Waals surface area (Å²) in [5.74, 6) is -0.430. The zero-order valence-electron chi connectivity index (χ0n) is 7.36. The topological polar surface area (TPSA) is 86.7 Å². The molecule has 1 aromatic rings. The van der Waals surface area contributed by atoms with Gasteiger partial charge in [-0.05, 0) is 24.6 Å². The van der Waals surface area contributed by atoms with E-state index in [1.165, 1.54) is 12.1 Å². The normalized spacial score (nSPS) is 15.3. The Bertz CT molecular complexity index is 310. The minimum Gasteiger partial charge on any atom is -0.504 e. The molecule has 0 aliphatic carbocycles. The molecule has 0 unspecified atom stereocenters. The summed E-state index contributed by atoms with van der Waals surface area (Å²) >= 11 is 0. The predicted octanol–water partition coefficient (Wildman–Crippen LogP) is 0.264. The molecule has 1 aromatic carbocycles. The second kappa shape index (κ2) is 3.24. The Hall–Kier alpha value is -1.26. The van der Waals surface area contributed by atoms with Crippen LogP contribution in [0.1, 0.15) is 12.5 Å². The van der Waals surface area contributed by atoms with Crippen molar-refractivity contribution in [2.24, 2.45) is 5.73 Å². The Labute approximate surface area is 76.2 Å². The van der Waals surface area contributed by atoms with Gasteiger partial charge in [-0.3, -0.25) is 0 Å². The highest BCUT2D eigenvalue weighted by Crippen LogP contribution is 2.28. The van der Waals surface area contributed by atoms with Gasteiger partial charge in [-0.2, -0.15) is 0 Å². The van der Waals surface area contributed by atoms with Crippen molar-refractivity contribution in [1.29, 1.82) is 0 Å². The molecule has 5 N–H and O–H groups in total. The molecular weight excluding hydrogens is 170 g/mol. The molecule has 4 nitrogen and oxygen atoms in total. The molecule has 0 radical (unpaired) electrons. The van der Waals surface area contributed by atoms with Gasteiger partial charge in [0.25, 0.3) is 0 Å². The molecule has 0 aliphatic heterocycles. The van der Waals surface area contributed by atoms with Gasteiger partial charge in [-0.1, -0.05) is 6.07 Å². The zero-order chi connectivity index (χ0) is 10.1. The van der Waals surface area contributed by atoms with Gasteiger partial charge < -0.3 is 21.1 Å². The minimum absolute atomic E-state index is 0.197. The van der Waals surface area contributed by atoms with Gasteiger partial charge in [0.2, 0.25) is 0 Å². The number of hydrogen-bond acceptors (Lipinski definition) is 4. The summed E-state index contributed by atoms with van der Waals surface area (Å²) in [4.78, 5) is 0. The molecule has 0 saturated heterocycles. The Morgan fingerprint density at radius 3 is 2.38 bits per heavy atom. The van der Waals surface area contributed by atoms with E-state index in [1.807, 2.05) is 0 Å². The lowest BCUT2D eigenvalue weighted by Crippen LogP contribution is -2.36. The molecule has 0 amide bonds. The van der Waals surface area contributed by atoms with Crippen LogP contribution in [0, 0.1) is 0 Å². The fourth-order valence-corrected chi connectivity index (χ4v) is 0.970. The number of nitrogens with two attached hydrogens (primary N) is 1. The fraction of sp³-hybridized carbons (Fsp3) is 0.333. The maximum atomic E-state index is 9.17. The Morgan fingerprint density at radius 1 is 1.31 bits per heavy atom. The van der Waals surface area contributed by atoms with Gasteiger partial charge in [-0.25, -0.2) is 0 Å². The van der Waals surface area contributed by atoms with Crippen LogP contribution in [0.25, 0.3) is 0 Å². The van der Waals surface area contributed by atoms with E-state index in [4.69, 9.17) is 15.9 Å². The van der Waals surface area contributed by atoms with Crippen LogP contribution in [0.5, 0.6) is 11.5 Å². The molecular formula is C9H13NO3. The Kier molecular flexibility index (Phi) is 2.45. The third-order valence-electron chi connectivity index (χ3n) is 1.96. The number of benzene rings is 1. The smallest absolute Gasteiger partial charge is 0.157 e. The maximum absolute atomic E-state index is 9.17. The van der Waals surface area contributed by atoms with Crippen LogP contribution in [0.2, 0.25) is 0 Å². The number of phenolic OH excluding ortho intramolecular Hbond substituents is 2. The first-order chi connectivity index (χ1) is 5.97. The van der Waals surface area contributed by atoms with Gasteiger partial charge in [0.05, 0.1) is 12.1 Å². The second-order valence-electron chi connectivity index (χ2n) is 3.28. The number of phenols is 2. The summed E-state index contributed by atoms with van der Waals surface area (Å²) in [6.07, 6.45) is 0. The van der Waals surface area contributed by atoms with E-state index in [9.17, 15) is 5.11 Å². The quantitative estimate of drug-likeness (QED) is 0.495. The predicted molar refractivity (Wildman–Crippen MR) is 48.4 cm³/mol. The highest BCUT2D eigenvalue weighted by atomic mass is 16.3. The molecule has 0 fully saturated rings. The van der Waals surface area contributed by atoms with Crippen molar-refractivity contribution in [2.75, 3.05) is 6.61 Å². The van der Waals surface area contributed by atoms with Crippen molar-refractivity contribution >= 4 is 0 Å². The van der Waals surface area contributed by atoms with Gasteiger partial charge in [0.1, 0.15) is 0 Å². The average molecular weight is 183 g/mol. The number of aromatic hydroxyl groups is 2. The van der Waals surface area contributed by atoms with E-state index in [1.54, 1.807) is 13.0 Å². The molecule has 0 bridgehead atoms. The number of aliphatic hydroxyl groups excluding tert-OH is 1. The molecule has 1 atom stereocenters. The van der Waals surface area contributed by atoms with Crippen molar-refractivity contribution in [3.05, 3.63) is 23.8 Å². The van der Waals surface area contributed by atoms with Crippen molar-refractivity contribution in [1.82, 2.24) is 0 Å². The number of rotatable bonds is 2. The van der Waals surface area contributed by atoms with Crippen LogP contribution in [-0.4, -0.2) is 21.9 Å². The first-order valence-electron chi connectivity index (χ1n) is 3.89. The van der Waals surface area contributed by atoms with E-state index in [0.29, 0.717) is 5.56 Å². The lowest BCUT2D eigenvalue weighted by molar-refractivity contribution is 0.209. The summed E-state index contributed by atoms with van der Waals surface area (Å²) < 4.78 is 0. The third kappa shape index (κ3) is 1.91. The van der Waals surface area contributed by atoms with Gasteiger partial charge in [0.15, 0.2) is 11.5 Å². The molecule has 4 heteroatoms. The first kappa shape index (κ1) is 9.83.